The number of hydrogen-bond acceptors (Lipinski definition) is 8. The number of hydrogen-bond donors (Lipinski definition) is 2. The largest absolute Gasteiger partial charge is 0.472 e. The van der Waals surface area contributed by atoms with Crippen LogP contribution in [0.5, 0.6) is 0 Å². The lowest BCUT2D eigenvalue weighted by Crippen LogP contribution is -2.29. The third-order valence-corrected chi connectivity index (χ3v) is 11.6. The molecule has 0 saturated heterocycles. The summed E-state index contributed by atoms with van der Waals surface area (Å²) in [5, 5.41) is 0. The van der Waals surface area contributed by atoms with E-state index in [9.17, 15) is 19.0 Å². The van der Waals surface area contributed by atoms with Crippen LogP contribution in [0.25, 0.3) is 0 Å². The van der Waals surface area contributed by atoms with E-state index in [1.807, 2.05) is 0 Å². The maximum atomic E-state index is 12.6. The van der Waals surface area contributed by atoms with Gasteiger partial charge in [0, 0.05) is 19.4 Å². The summed E-state index contributed by atoms with van der Waals surface area (Å²) >= 11 is 0. The third-order valence-electron chi connectivity index (χ3n) is 10.6. The third kappa shape index (κ3) is 44.1. The molecule has 58 heavy (non-hydrogen) atoms. The van der Waals surface area contributed by atoms with Crippen LogP contribution >= 0.6 is 7.82 Å². The molecule has 9 nitrogen and oxygen atoms in total. The second kappa shape index (κ2) is 45.0. The summed E-state index contributed by atoms with van der Waals surface area (Å²) in [5.74, 6) is -0.821. The lowest BCUT2D eigenvalue weighted by atomic mass is 10.0. The molecule has 0 aliphatic carbocycles. The minimum Gasteiger partial charge on any atom is -0.462 e. The van der Waals surface area contributed by atoms with E-state index in [1.54, 1.807) is 0 Å². The quantitative estimate of drug-likeness (QED) is 0.0266. The first-order valence-corrected chi connectivity index (χ1v) is 25.8. The topological polar surface area (TPSA) is 134 Å². The van der Waals surface area contributed by atoms with Gasteiger partial charge in [0.05, 0.1) is 13.2 Å². The SMILES string of the molecule is CCCCC/C=C\C/C=C\CCCCCCCCCCCC(=O)OC(COC(=O)CCCCCCCCCCCCCCCCCCCC)COP(=O)(O)OCCN. The first-order chi connectivity index (χ1) is 28.3. The van der Waals surface area contributed by atoms with Crippen molar-refractivity contribution in [3.63, 3.8) is 0 Å². The number of carbonyl (C=O) groups is 2. The highest BCUT2D eigenvalue weighted by Crippen LogP contribution is 2.43. The van der Waals surface area contributed by atoms with E-state index >= 15 is 0 Å². The van der Waals surface area contributed by atoms with E-state index in [-0.39, 0.29) is 38.6 Å². The molecule has 0 radical (unpaired) electrons. The van der Waals surface area contributed by atoms with Crippen LogP contribution in [-0.2, 0) is 32.7 Å². The van der Waals surface area contributed by atoms with Gasteiger partial charge < -0.3 is 20.1 Å². The van der Waals surface area contributed by atoms with Crippen molar-refractivity contribution >= 4 is 19.8 Å². The van der Waals surface area contributed by atoms with E-state index in [0.717, 1.165) is 51.4 Å². The molecule has 0 fully saturated rings. The molecule has 0 heterocycles. The van der Waals surface area contributed by atoms with E-state index in [0.29, 0.717) is 6.42 Å². The molecular formula is C48H92NO8P. The van der Waals surface area contributed by atoms with Crippen molar-refractivity contribution in [3.05, 3.63) is 24.3 Å². The molecule has 3 N–H and O–H groups in total. The number of allylic oxidation sites excluding steroid dienone is 4. The van der Waals surface area contributed by atoms with Crippen LogP contribution in [0.2, 0.25) is 0 Å². The summed E-state index contributed by atoms with van der Waals surface area (Å²) in [6.07, 6.45) is 49.2. The van der Waals surface area contributed by atoms with Crippen LogP contribution in [-0.4, -0.2) is 49.3 Å². The molecule has 0 amide bonds. The summed E-state index contributed by atoms with van der Waals surface area (Å²) in [5.41, 5.74) is 5.36. The van der Waals surface area contributed by atoms with Crippen molar-refractivity contribution in [2.75, 3.05) is 26.4 Å². The summed E-state index contributed by atoms with van der Waals surface area (Å²) in [6, 6.07) is 0. The van der Waals surface area contributed by atoms with Gasteiger partial charge >= 0.3 is 19.8 Å². The summed E-state index contributed by atoms with van der Waals surface area (Å²) in [4.78, 5) is 35.0. The average molecular weight is 842 g/mol. The van der Waals surface area contributed by atoms with E-state index in [4.69, 9.17) is 24.3 Å². The lowest BCUT2D eigenvalue weighted by Gasteiger charge is -2.19. The van der Waals surface area contributed by atoms with Crippen LogP contribution in [0, 0.1) is 0 Å². The lowest BCUT2D eigenvalue weighted by molar-refractivity contribution is -0.161. The highest BCUT2D eigenvalue weighted by Gasteiger charge is 2.26. The average Bonchev–Trinajstić information content (AvgIpc) is 3.21. The maximum absolute atomic E-state index is 12.6. The van der Waals surface area contributed by atoms with E-state index < -0.39 is 26.5 Å². The molecule has 0 spiro atoms. The monoisotopic (exact) mass is 842 g/mol. The molecule has 0 aromatic heterocycles. The normalized spacial score (nSPS) is 13.4. The predicted octanol–water partition coefficient (Wildman–Crippen LogP) is 14.3. The predicted molar refractivity (Wildman–Crippen MR) is 243 cm³/mol. The van der Waals surface area contributed by atoms with Crippen LogP contribution in [0.3, 0.4) is 0 Å². The molecule has 0 aliphatic rings. The van der Waals surface area contributed by atoms with Crippen molar-refractivity contribution < 1.29 is 37.6 Å². The molecule has 0 bridgehead atoms. The minimum atomic E-state index is -4.38. The summed E-state index contributed by atoms with van der Waals surface area (Å²) in [7, 11) is -4.38. The smallest absolute Gasteiger partial charge is 0.462 e. The Morgan fingerprint density at radius 2 is 0.897 bits per heavy atom. The number of rotatable bonds is 46. The van der Waals surface area contributed by atoms with Crippen molar-refractivity contribution in [2.45, 2.75) is 245 Å². The zero-order valence-corrected chi connectivity index (χ0v) is 38.7. The van der Waals surface area contributed by atoms with E-state index in [1.165, 1.54) is 154 Å². The first kappa shape index (κ1) is 56.5. The van der Waals surface area contributed by atoms with Crippen LogP contribution < -0.4 is 5.73 Å². The fourth-order valence-corrected chi connectivity index (χ4v) is 7.73. The number of nitrogens with two attached hydrogens (primary N) is 1. The van der Waals surface area contributed by atoms with Crippen molar-refractivity contribution in [1.82, 2.24) is 0 Å². The Balaban J connectivity index is 4.06. The molecule has 2 unspecified atom stereocenters. The molecule has 10 heteroatoms. The van der Waals surface area contributed by atoms with E-state index in [2.05, 4.69) is 38.2 Å². The number of carbonyl (C=O) groups excluding carboxylic acids is 2. The van der Waals surface area contributed by atoms with Crippen LogP contribution in [0.1, 0.15) is 239 Å². The van der Waals surface area contributed by atoms with Gasteiger partial charge in [-0.15, -0.1) is 0 Å². The summed E-state index contributed by atoms with van der Waals surface area (Å²) in [6.45, 7) is 3.74. The molecule has 0 saturated carbocycles. The van der Waals surface area contributed by atoms with Gasteiger partial charge in [0.2, 0.25) is 0 Å². The Labute approximate surface area is 357 Å². The Morgan fingerprint density at radius 3 is 1.34 bits per heavy atom. The highest BCUT2D eigenvalue weighted by atomic mass is 31.2. The van der Waals surface area contributed by atoms with Crippen molar-refractivity contribution in [3.8, 4) is 0 Å². The van der Waals surface area contributed by atoms with Crippen LogP contribution in [0.15, 0.2) is 24.3 Å². The zero-order valence-electron chi connectivity index (χ0n) is 37.8. The molecule has 0 aromatic rings. The maximum Gasteiger partial charge on any atom is 0.472 e. The van der Waals surface area contributed by atoms with Gasteiger partial charge in [-0.3, -0.25) is 18.6 Å². The van der Waals surface area contributed by atoms with Gasteiger partial charge in [-0.05, 0) is 44.9 Å². The Kier molecular flexibility index (Phi) is 43.9. The molecule has 0 aromatic carbocycles. The molecule has 0 aliphatic heterocycles. The number of unbranched alkanes of at least 4 members (excludes halogenated alkanes) is 29. The minimum absolute atomic E-state index is 0.0545. The number of ether oxygens (including phenoxy) is 2. The molecule has 2 atom stereocenters. The second-order valence-corrected chi connectivity index (χ2v) is 17.8. The first-order valence-electron chi connectivity index (χ1n) is 24.3. The Bertz CT molecular complexity index is 1010. The van der Waals surface area contributed by atoms with Gasteiger partial charge in [0.1, 0.15) is 6.61 Å². The van der Waals surface area contributed by atoms with Gasteiger partial charge in [-0.25, -0.2) is 4.57 Å². The molecular weight excluding hydrogens is 750 g/mol. The number of phosphoric acid groups is 1. The fourth-order valence-electron chi connectivity index (χ4n) is 6.96. The van der Waals surface area contributed by atoms with Crippen molar-refractivity contribution in [1.29, 1.82) is 0 Å². The molecule has 342 valence electrons. The van der Waals surface area contributed by atoms with Crippen LogP contribution in [0.4, 0.5) is 0 Å². The second-order valence-electron chi connectivity index (χ2n) is 16.3. The Morgan fingerprint density at radius 1 is 0.517 bits per heavy atom. The fraction of sp³-hybridized carbons (Fsp3) is 0.875. The van der Waals surface area contributed by atoms with Gasteiger partial charge in [-0.2, -0.15) is 0 Å². The zero-order chi connectivity index (χ0) is 42.5. The van der Waals surface area contributed by atoms with Gasteiger partial charge in [-0.1, -0.05) is 205 Å². The van der Waals surface area contributed by atoms with Gasteiger partial charge in [0.15, 0.2) is 6.10 Å². The number of esters is 2. The standard InChI is InChI=1S/C48H92NO8P/c1-3-5-7-9-11-13-15-17-19-21-23-25-27-29-31-33-35-37-39-41-48(51)57-46(45-56-58(52,53)55-43-42-49)44-54-47(50)40-38-36-34-32-30-28-26-24-22-20-18-16-14-12-10-8-6-4-2/h11,13,17,19,46H,3-10,12,14-16,18,20-45,49H2,1-2H3,(H,52,53)/b13-11-,19-17-. The molecule has 0 rings (SSSR count). The van der Waals surface area contributed by atoms with Crippen molar-refractivity contribution in [2.24, 2.45) is 5.73 Å². The summed E-state index contributed by atoms with van der Waals surface area (Å²) < 4.78 is 32.9. The van der Waals surface area contributed by atoms with Gasteiger partial charge in [0.25, 0.3) is 0 Å². The highest BCUT2D eigenvalue weighted by molar-refractivity contribution is 7.47. The number of phosphoric ester groups is 1. The Hall–Kier alpha value is -1.51.